The van der Waals surface area contributed by atoms with Gasteiger partial charge in [-0.05, 0) is 33.4 Å². The summed E-state index contributed by atoms with van der Waals surface area (Å²) in [4.78, 5) is 1.21. The van der Waals surface area contributed by atoms with Crippen molar-refractivity contribution in [2.75, 3.05) is 0 Å². The van der Waals surface area contributed by atoms with Crippen molar-refractivity contribution in [2.24, 2.45) is 5.73 Å². The van der Waals surface area contributed by atoms with Gasteiger partial charge >= 0.3 is 0 Å². The molecule has 0 saturated heterocycles. The van der Waals surface area contributed by atoms with Crippen LogP contribution < -0.4 is 10.5 Å². The van der Waals surface area contributed by atoms with Crippen molar-refractivity contribution >= 4 is 27.3 Å². The zero-order valence-electron chi connectivity index (χ0n) is 8.65. The molecule has 0 aliphatic rings. The van der Waals surface area contributed by atoms with Crippen LogP contribution in [0.4, 0.5) is 0 Å². The molecule has 2 N–H and O–H groups in total. The van der Waals surface area contributed by atoms with E-state index in [4.69, 9.17) is 10.5 Å². The first kappa shape index (κ1) is 11.6. The molecule has 84 valence electrons. The highest BCUT2D eigenvalue weighted by atomic mass is 79.9. The molecule has 16 heavy (non-hydrogen) atoms. The van der Waals surface area contributed by atoms with Gasteiger partial charge in [0.05, 0.1) is 4.47 Å². The summed E-state index contributed by atoms with van der Waals surface area (Å²) >= 11 is 5.16. The largest absolute Gasteiger partial charge is 0.487 e. The number of benzene rings is 1. The van der Waals surface area contributed by atoms with Gasteiger partial charge in [-0.15, -0.1) is 11.3 Å². The van der Waals surface area contributed by atoms with E-state index in [-0.39, 0.29) is 0 Å². The van der Waals surface area contributed by atoms with Crippen LogP contribution in [0.1, 0.15) is 10.4 Å². The normalized spacial score (nSPS) is 10.4. The molecule has 1 aromatic heterocycles. The highest BCUT2D eigenvalue weighted by Crippen LogP contribution is 2.29. The van der Waals surface area contributed by atoms with Gasteiger partial charge in [0.1, 0.15) is 12.4 Å². The van der Waals surface area contributed by atoms with Crippen LogP contribution in [0.25, 0.3) is 0 Å². The van der Waals surface area contributed by atoms with Gasteiger partial charge in [-0.2, -0.15) is 0 Å². The highest BCUT2D eigenvalue weighted by Gasteiger charge is 2.07. The highest BCUT2D eigenvalue weighted by molar-refractivity contribution is 9.10. The molecule has 0 amide bonds. The van der Waals surface area contributed by atoms with E-state index in [1.165, 1.54) is 4.88 Å². The van der Waals surface area contributed by atoms with Crippen LogP contribution in [0.2, 0.25) is 0 Å². The second-order valence-corrected chi connectivity index (χ2v) is 5.19. The Balaban J connectivity index is 2.14. The van der Waals surface area contributed by atoms with Crippen LogP contribution in [-0.4, -0.2) is 0 Å². The van der Waals surface area contributed by atoms with Crippen molar-refractivity contribution < 1.29 is 4.74 Å². The van der Waals surface area contributed by atoms with Crippen molar-refractivity contribution in [3.05, 3.63) is 50.6 Å². The average molecular weight is 298 g/mol. The van der Waals surface area contributed by atoms with Crippen LogP contribution in [-0.2, 0) is 13.2 Å². The predicted molar refractivity (Wildman–Crippen MR) is 70.7 cm³/mol. The molecule has 0 unspecified atom stereocenters. The van der Waals surface area contributed by atoms with Gasteiger partial charge in [-0.25, -0.2) is 0 Å². The van der Waals surface area contributed by atoms with Gasteiger partial charge in [0.25, 0.3) is 0 Å². The minimum absolute atomic E-state index is 0.485. The maximum Gasteiger partial charge on any atom is 0.138 e. The maximum absolute atomic E-state index is 5.79. The van der Waals surface area contributed by atoms with Crippen molar-refractivity contribution in [1.82, 2.24) is 0 Å². The zero-order valence-corrected chi connectivity index (χ0v) is 11.1. The summed E-state index contributed by atoms with van der Waals surface area (Å²) in [6.45, 7) is 1.08. The molecular formula is C12H12BrNOS. The fraction of sp³-hybridized carbons (Fsp3) is 0.167. The van der Waals surface area contributed by atoms with Crippen LogP contribution in [0.5, 0.6) is 5.75 Å². The molecule has 4 heteroatoms. The second kappa shape index (κ2) is 5.48. The topological polar surface area (TPSA) is 35.2 Å². The molecule has 2 rings (SSSR count). The fourth-order valence-corrected chi connectivity index (χ4v) is 2.55. The van der Waals surface area contributed by atoms with E-state index in [1.54, 1.807) is 11.3 Å². The molecule has 0 saturated carbocycles. The number of hydrogen-bond donors (Lipinski definition) is 1. The summed E-state index contributed by atoms with van der Waals surface area (Å²) in [5.74, 6) is 0.846. The summed E-state index contributed by atoms with van der Waals surface area (Å²) in [6.07, 6.45) is 0. The Kier molecular flexibility index (Phi) is 3.98. The Hall–Kier alpha value is -0.840. The molecule has 2 aromatic rings. The summed E-state index contributed by atoms with van der Waals surface area (Å²) in [5, 5.41) is 2.04. The van der Waals surface area contributed by atoms with Gasteiger partial charge in [0.2, 0.25) is 0 Å². The summed E-state index contributed by atoms with van der Waals surface area (Å²) in [7, 11) is 0. The number of para-hydroxylation sites is 1. The molecule has 1 aromatic carbocycles. The third-order valence-corrected chi connectivity index (χ3v) is 3.68. The first-order valence-corrected chi connectivity index (χ1v) is 6.61. The van der Waals surface area contributed by atoms with Gasteiger partial charge in [-0.3, -0.25) is 0 Å². The van der Waals surface area contributed by atoms with E-state index >= 15 is 0 Å². The molecule has 0 aliphatic carbocycles. The minimum Gasteiger partial charge on any atom is -0.487 e. The predicted octanol–water partition coefficient (Wildman–Crippen LogP) is 3.55. The van der Waals surface area contributed by atoms with Gasteiger partial charge < -0.3 is 10.5 Å². The Morgan fingerprint density at radius 3 is 2.81 bits per heavy atom. The molecule has 0 bridgehead atoms. The molecule has 2 nitrogen and oxygen atoms in total. The van der Waals surface area contributed by atoms with Gasteiger partial charge in [0, 0.05) is 17.0 Å². The van der Waals surface area contributed by atoms with Gasteiger partial charge in [-0.1, -0.05) is 18.2 Å². The summed E-state index contributed by atoms with van der Waals surface area (Å²) in [5.41, 5.74) is 6.69. The van der Waals surface area contributed by atoms with E-state index in [1.807, 2.05) is 29.6 Å². The van der Waals surface area contributed by atoms with Crippen LogP contribution >= 0.6 is 27.3 Å². The van der Waals surface area contributed by atoms with Crippen molar-refractivity contribution in [2.45, 2.75) is 13.2 Å². The zero-order chi connectivity index (χ0) is 11.4. The summed E-state index contributed by atoms with van der Waals surface area (Å²) in [6, 6.07) is 9.98. The van der Waals surface area contributed by atoms with Crippen molar-refractivity contribution in [1.29, 1.82) is 0 Å². The number of hydrogen-bond acceptors (Lipinski definition) is 3. The first-order valence-electron chi connectivity index (χ1n) is 4.94. The van der Waals surface area contributed by atoms with E-state index in [0.717, 1.165) is 15.8 Å². The lowest BCUT2D eigenvalue weighted by atomic mass is 10.2. The molecule has 0 aliphatic heterocycles. The van der Waals surface area contributed by atoms with Crippen LogP contribution in [0.3, 0.4) is 0 Å². The van der Waals surface area contributed by atoms with E-state index in [2.05, 4.69) is 22.0 Å². The molecular weight excluding hydrogens is 286 g/mol. The van der Waals surface area contributed by atoms with E-state index in [0.29, 0.717) is 13.2 Å². The number of thiophene rings is 1. The number of halogens is 1. The van der Waals surface area contributed by atoms with E-state index in [9.17, 15) is 0 Å². The Labute approximate surface area is 107 Å². The smallest absolute Gasteiger partial charge is 0.138 e. The molecule has 0 atom stereocenters. The summed E-state index contributed by atoms with van der Waals surface area (Å²) < 4.78 is 6.74. The second-order valence-electron chi connectivity index (χ2n) is 3.30. The third kappa shape index (κ3) is 2.64. The fourth-order valence-electron chi connectivity index (χ4n) is 1.41. The Morgan fingerprint density at radius 1 is 1.25 bits per heavy atom. The van der Waals surface area contributed by atoms with Crippen LogP contribution in [0, 0.1) is 0 Å². The molecule has 1 heterocycles. The monoisotopic (exact) mass is 297 g/mol. The quantitative estimate of drug-likeness (QED) is 0.937. The Morgan fingerprint density at radius 2 is 2.12 bits per heavy atom. The van der Waals surface area contributed by atoms with Gasteiger partial charge in [0.15, 0.2) is 0 Å². The molecule has 0 spiro atoms. The Bertz CT molecular complexity index is 456. The number of ether oxygens (including phenoxy) is 1. The first-order chi connectivity index (χ1) is 7.81. The standard InChI is InChI=1S/C12H12BrNOS/c13-11-5-1-3-9(7-14)12(11)15-8-10-4-2-6-16-10/h1-6H,7-8,14H2. The molecule has 0 fully saturated rings. The maximum atomic E-state index is 5.79. The minimum atomic E-state index is 0.485. The van der Waals surface area contributed by atoms with E-state index < -0.39 is 0 Å². The lowest BCUT2D eigenvalue weighted by Crippen LogP contribution is -2.02. The number of rotatable bonds is 4. The molecule has 0 radical (unpaired) electrons. The SMILES string of the molecule is NCc1cccc(Br)c1OCc1cccs1. The van der Waals surface area contributed by atoms with Crippen LogP contribution in [0.15, 0.2) is 40.2 Å². The lowest BCUT2D eigenvalue weighted by Gasteiger charge is -2.11. The lowest BCUT2D eigenvalue weighted by molar-refractivity contribution is 0.304. The van der Waals surface area contributed by atoms with Crippen molar-refractivity contribution in [3.8, 4) is 5.75 Å². The number of nitrogens with two attached hydrogens (primary N) is 1. The third-order valence-electron chi connectivity index (χ3n) is 2.21. The van der Waals surface area contributed by atoms with Crippen molar-refractivity contribution in [3.63, 3.8) is 0 Å². The average Bonchev–Trinajstić information content (AvgIpc) is 2.80.